The number of benzene rings is 1. The molecule has 2 atom stereocenters. The van der Waals surface area contributed by atoms with Gasteiger partial charge in [0.2, 0.25) is 5.82 Å². The number of nitrogens with zero attached hydrogens (tertiary/aromatic N) is 3. The summed E-state index contributed by atoms with van der Waals surface area (Å²) in [5.74, 6) is 9.20. The van der Waals surface area contributed by atoms with Crippen molar-refractivity contribution >= 4 is 0 Å². The maximum atomic E-state index is 4.63. The Morgan fingerprint density at radius 2 is 2.00 bits per heavy atom. The first-order valence-electron chi connectivity index (χ1n) is 7.34. The van der Waals surface area contributed by atoms with Crippen molar-refractivity contribution in [3.05, 3.63) is 47.5 Å². The summed E-state index contributed by atoms with van der Waals surface area (Å²) in [6, 6.07) is 10.9. The lowest BCUT2D eigenvalue weighted by molar-refractivity contribution is 0.542. The molecule has 2 aliphatic rings. The zero-order valence-corrected chi connectivity index (χ0v) is 11.6. The molecule has 4 rings (SSSR count). The van der Waals surface area contributed by atoms with Crippen molar-refractivity contribution in [1.82, 2.24) is 14.8 Å². The lowest BCUT2D eigenvalue weighted by atomic mass is 10.0. The van der Waals surface area contributed by atoms with Crippen molar-refractivity contribution in [2.75, 3.05) is 0 Å². The highest BCUT2D eigenvalue weighted by Gasteiger charge is 2.32. The highest BCUT2D eigenvalue weighted by Crippen LogP contribution is 2.38. The minimum absolute atomic E-state index is 0.310. The Morgan fingerprint density at radius 3 is 2.75 bits per heavy atom. The fourth-order valence-corrected chi connectivity index (χ4v) is 2.84. The van der Waals surface area contributed by atoms with Crippen molar-refractivity contribution in [2.45, 2.75) is 38.1 Å². The van der Waals surface area contributed by atoms with Gasteiger partial charge in [-0.25, -0.2) is 9.67 Å². The van der Waals surface area contributed by atoms with Crippen LogP contribution in [0.2, 0.25) is 0 Å². The van der Waals surface area contributed by atoms with E-state index in [1.165, 1.54) is 18.4 Å². The van der Waals surface area contributed by atoms with Gasteiger partial charge in [-0.1, -0.05) is 43.2 Å². The standard InChI is InChI=1S/C17H17N3/c1-12-11-15(14-5-3-2-4-6-14)20-17(12)18-16(19-20)10-9-13-7-8-13/h2-6,12-13,15H,7-8,11H2,1H3. The molecule has 2 unspecified atom stereocenters. The van der Waals surface area contributed by atoms with E-state index in [0.717, 1.165) is 12.2 Å². The van der Waals surface area contributed by atoms with Crippen LogP contribution >= 0.6 is 0 Å². The number of rotatable bonds is 1. The first-order chi connectivity index (χ1) is 9.81. The summed E-state index contributed by atoms with van der Waals surface area (Å²) in [6.45, 7) is 2.22. The van der Waals surface area contributed by atoms with E-state index < -0.39 is 0 Å². The second kappa shape index (κ2) is 4.49. The van der Waals surface area contributed by atoms with Gasteiger partial charge in [-0.15, -0.1) is 5.10 Å². The van der Waals surface area contributed by atoms with Crippen LogP contribution in [0.25, 0.3) is 0 Å². The normalized spacial score (nSPS) is 24.1. The van der Waals surface area contributed by atoms with E-state index in [0.29, 0.717) is 23.7 Å². The third-order valence-corrected chi connectivity index (χ3v) is 4.12. The van der Waals surface area contributed by atoms with Gasteiger partial charge in [0.15, 0.2) is 0 Å². The molecule has 20 heavy (non-hydrogen) atoms. The zero-order chi connectivity index (χ0) is 13.5. The average molecular weight is 263 g/mol. The lowest BCUT2D eigenvalue weighted by Gasteiger charge is -2.11. The van der Waals surface area contributed by atoms with Gasteiger partial charge in [0.1, 0.15) is 5.82 Å². The molecule has 0 radical (unpaired) electrons. The molecule has 2 heterocycles. The molecule has 1 aliphatic carbocycles. The fourth-order valence-electron chi connectivity index (χ4n) is 2.84. The van der Waals surface area contributed by atoms with Crippen LogP contribution < -0.4 is 0 Å². The Labute approximate surface area is 119 Å². The van der Waals surface area contributed by atoms with E-state index in [9.17, 15) is 0 Å². The Hall–Kier alpha value is -2.08. The van der Waals surface area contributed by atoms with E-state index in [2.05, 4.69) is 63.9 Å². The van der Waals surface area contributed by atoms with Crippen LogP contribution in [0.3, 0.4) is 0 Å². The summed E-state index contributed by atoms with van der Waals surface area (Å²) < 4.78 is 2.08. The molecule has 0 amide bonds. The van der Waals surface area contributed by atoms with Crippen LogP contribution in [0, 0.1) is 17.8 Å². The molecule has 1 fully saturated rings. The van der Waals surface area contributed by atoms with Crippen molar-refractivity contribution in [1.29, 1.82) is 0 Å². The molecule has 1 aromatic carbocycles. The molecule has 1 aliphatic heterocycles. The Morgan fingerprint density at radius 1 is 1.20 bits per heavy atom. The Balaban J connectivity index is 1.69. The highest BCUT2D eigenvalue weighted by molar-refractivity contribution is 5.28. The minimum atomic E-state index is 0.310. The minimum Gasteiger partial charge on any atom is -0.241 e. The SMILES string of the molecule is CC1CC(c2ccccc2)n2nc(C#CC3CC3)nc21. The third kappa shape index (κ3) is 2.02. The first kappa shape index (κ1) is 11.7. The molecule has 1 aromatic heterocycles. The van der Waals surface area contributed by atoms with Gasteiger partial charge in [-0.05, 0) is 30.7 Å². The van der Waals surface area contributed by atoms with Gasteiger partial charge in [-0.3, -0.25) is 0 Å². The maximum absolute atomic E-state index is 4.63. The molecule has 1 saturated carbocycles. The monoisotopic (exact) mass is 263 g/mol. The largest absolute Gasteiger partial charge is 0.241 e. The topological polar surface area (TPSA) is 30.7 Å². The van der Waals surface area contributed by atoms with Gasteiger partial charge < -0.3 is 0 Å². The van der Waals surface area contributed by atoms with E-state index >= 15 is 0 Å². The molecule has 3 heteroatoms. The highest BCUT2D eigenvalue weighted by atomic mass is 15.4. The van der Waals surface area contributed by atoms with Gasteiger partial charge in [-0.2, -0.15) is 0 Å². The van der Waals surface area contributed by atoms with E-state index in [1.54, 1.807) is 0 Å². The van der Waals surface area contributed by atoms with Crippen LogP contribution in [0.5, 0.6) is 0 Å². The van der Waals surface area contributed by atoms with Crippen LogP contribution in [0.4, 0.5) is 0 Å². The number of fused-ring (bicyclic) bond motifs is 1. The molecule has 2 aromatic rings. The van der Waals surface area contributed by atoms with Crippen LogP contribution in [0.15, 0.2) is 30.3 Å². The summed E-state index contributed by atoms with van der Waals surface area (Å²) in [7, 11) is 0. The fraction of sp³-hybridized carbons (Fsp3) is 0.412. The smallest absolute Gasteiger partial charge is 0.225 e. The Kier molecular flexibility index (Phi) is 2.63. The molecule has 0 saturated heterocycles. The predicted octanol–water partition coefficient (Wildman–Crippen LogP) is 3.14. The summed E-state index contributed by atoms with van der Waals surface area (Å²) in [4.78, 5) is 4.63. The second-order valence-corrected chi connectivity index (χ2v) is 5.85. The molecule has 0 bridgehead atoms. The summed E-state index contributed by atoms with van der Waals surface area (Å²) in [5.41, 5.74) is 1.31. The zero-order valence-electron chi connectivity index (χ0n) is 11.6. The quantitative estimate of drug-likeness (QED) is 0.740. The third-order valence-electron chi connectivity index (χ3n) is 4.12. The number of hydrogen-bond acceptors (Lipinski definition) is 2. The van der Waals surface area contributed by atoms with Crippen molar-refractivity contribution in [3.63, 3.8) is 0 Å². The van der Waals surface area contributed by atoms with Crippen LogP contribution in [-0.2, 0) is 0 Å². The summed E-state index contributed by atoms with van der Waals surface area (Å²) >= 11 is 0. The molecule has 3 nitrogen and oxygen atoms in total. The van der Waals surface area contributed by atoms with E-state index in [-0.39, 0.29) is 0 Å². The van der Waals surface area contributed by atoms with E-state index in [4.69, 9.17) is 0 Å². The van der Waals surface area contributed by atoms with Crippen LogP contribution in [0.1, 0.15) is 55.4 Å². The summed E-state index contributed by atoms with van der Waals surface area (Å²) in [5, 5.41) is 4.63. The number of aromatic nitrogens is 3. The molecule has 100 valence electrons. The van der Waals surface area contributed by atoms with Crippen LogP contribution in [-0.4, -0.2) is 14.8 Å². The Bertz CT molecular complexity index is 686. The van der Waals surface area contributed by atoms with Crippen molar-refractivity contribution in [2.24, 2.45) is 5.92 Å². The molecular formula is C17H17N3. The first-order valence-corrected chi connectivity index (χ1v) is 7.34. The van der Waals surface area contributed by atoms with Gasteiger partial charge >= 0.3 is 0 Å². The average Bonchev–Trinajstić information content (AvgIpc) is 3.13. The maximum Gasteiger partial charge on any atom is 0.225 e. The van der Waals surface area contributed by atoms with Gasteiger partial charge in [0, 0.05) is 11.8 Å². The molecule has 0 spiro atoms. The van der Waals surface area contributed by atoms with Crippen molar-refractivity contribution < 1.29 is 0 Å². The molecule has 0 N–H and O–H groups in total. The number of hydrogen-bond donors (Lipinski definition) is 0. The second-order valence-electron chi connectivity index (χ2n) is 5.85. The van der Waals surface area contributed by atoms with Gasteiger partial charge in [0.05, 0.1) is 6.04 Å². The van der Waals surface area contributed by atoms with E-state index in [1.807, 2.05) is 0 Å². The van der Waals surface area contributed by atoms with Crippen molar-refractivity contribution in [3.8, 4) is 11.8 Å². The predicted molar refractivity (Wildman–Crippen MR) is 77.2 cm³/mol. The molecular weight excluding hydrogens is 246 g/mol. The van der Waals surface area contributed by atoms with Gasteiger partial charge in [0.25, 0.3) is 0 Å². The summed E-state index contributed by atoms with van der Waals surface area (Å²) in [6.07, 6.45) is 3.56. The lowest BCUT2D eigenvalue weighted by Crippen LogP contribution is -2.07.